The highest BCUT2D eigenvalue weighted by molar-refractivity contribution is 6.02. The van der Waals surface area contributed by atoms with Crippen molar-refractivity contribution in [3.8, 4) is 22.5 Å². The van der Waals surface area contributed by atoms with Crippen molar-refractivity contribution in [3.05, 3.63) is 106 Å². The Morgan fingerprint density at radius 1 is 0.672 bits per heavy atom. The summed E-state index contributed by atoms with van der Waals surface area (Å²) in [4.78, 5) is 36.8. The van der Waals surface area contributed by atoms with Gasteiger partial charge in [0.05, 0.1) is 48.8 Å². The van der Waals surface area contributed by atoms with E-state index in [9.17, 15) is 14.4 Å². The van der Waals surface area contributed by atoms with Crippen molar-refractivity contribution in [3.63, 3.8) is 0 Å². The number of nitrogens with zero attached hydrogens (tertiary/aromatic N) is 2. The normalized spacial score (nSPS) is 16.8. The number of nitrogen functional groups attached to an aromatic ring is 1. The summed E-state index contributed by atoms with van der Waals surface area (Å²) in [6.45, 7) is 9.11. The van der Waals surface area contributed by atoms with Gasteiger partial charge in [0.2, 0.25) is 0 Å². The number of anilines is 2. The zero-order valence-corrected chi connectivity index (χ0v) is 36.7. The first-order chi connectivity index (χ1) is 29.5. The summed E-state index contributed by atoms with van der Waals surface area (Å²) in [6.07, 6.45) is 12.3. The molecule has 3 aliphatic rings. The number of nitrogens with two attached hydrogens (primary N) is 1. The van der Waals surface area contributed by atoms with Crippen LogP contribution in [0.2, 0.25) is 0 Å². The lowest BCUT2D eigenvalue weighted by Gasteiger charge is -2.24. The highest BCUT2D eigenvalue weighted by Gasteiger charge is 2.31. The molecule has 0 amide bonds. The average molecular weight is 821 g/mol. The predicted octanol–water partition coefficient (Wildman–Crippen LogP) is 11.9. The summed E-state index contributed by atoms with van der Waals surface area (Å²) in [6, 6.07) is 24.9. The first-order valence-corrected chi connectivity index (χ1v) is 22.2. The molecule has 3 N–H and O–H groups in total. The van der Waals surface area contributed by atoms with Crippen LogP contribution in [0.5, 0.6) is 0 Å². The van der Waals surface area contributed by atoms with E-state index in [1.54, 1.807) is 6.92 Å². The number of benzene rings is 4. The summed E-state index contributed by atoms with van der Waals surface area (Å²) in [5.74, 6) is 0.381. The van der Waals surface area contributed by atoms with E-state index in [2.05, 4.69) is 64.7 Å². The van der Waals surface area contributed by atoms with Crippen molar-refractivity contribution in [2.45, 2.75) is 123 Å². The van der Waals surface area contributed by atoms with Gasteiger partial charge in [-0.1, -0.05) is 74.9 Å². The molecule has 6 aromatic rings. The number of ketones is 1. The first-order valence-electron chi connectivity index (χ1n) is 22.2. The molecular weight excluding hydrogens is 761 g/mol. The number of hydrogen-bond donors (Lipinski definition) is 2. The maximum absolute atomic E-state index is 12.3. The fourth-order valence-electron chi connectivity index (χ4n) is 10.5. The SMILES string of the molecule is COC(=O)c1ccc2c(C3CCCCC3)c(-c3ccc(C)cc3N)n(CC(C)=O)c2c1.COC(=O)c1ccc2c(C3CCCCC3)c3n(c2c1)CC(C)Nc1cc(C)ccc1-3. The van der Waals surface area contributed by atoms with E-state index in [1.165, 1.54) is 105 Å². The van der Waals surface area contributed by atoms with Crippen molar-refractivity contribution in [2.75, 3.05) is 25.3 Å². The number of methoxy groups -OCH3 is 2. The lowest BCUT2D eigenvalue weighted by atomic mass is 9.81. The molecule has 9 heteroatoms. The van der Waals surface area contributed by atoms with E-state index in [0.29, 0.717) is 34.7 Å². The number of Topliss-reactive ketones (excluding diaryl/α,β-unsaturated/α-hetero) is 1. The summed E-state index contributed by atoms with van der Waals surface area (Å²) >= 11 is 0. The summed E-state index contributed by atoms with van der Waals surface area (Å²) in [7, 11) is 2.83. The molecular formula is C52H60N4O5. The molecule has 2 fully saturated rings. The minimum absolute atomic E-state index is 0.0579. The fraction of sp³-hybridized carbons (Fsp3) is 0.404. The molecule has 0 radical (unpaired) electrons. The van der Waals surface area contributed by atoms with E-state index >= 15 is 0 Å². The van der Waals surface area contributed by atoms with Crippen molar-refractivity contribution >= 4 is 50.9 Å². The van der Waals surface area contributed by atoms with Crippen LogP contribution in [-0.2, 0) is 27.4 Å². The predicted molar refractivity (Wildman–Crippen MR) is 247 cm³/mol. The molecule has 2 saturated carbocycles. The fourth-order valence-corrected chi connectivity index (χ4v) is 10.5. The van der Waals surface area contributed by atoms with E-state index < -0.39 is 0 Å². The Labute approximate surface area is 359 Å². The van der Waals surface area contributed by atoms with Gasteiger partial charge in [-0.25, -0.2) is 9.59 Å². The Hall–Kier alpha value is -5.83. The lowest BCUT2D eigenvalue weighted by molar-refractivity contribution is -0.117. The second-order valence-electron chi connectivity index (χ2n) is 17.7. The molecule has 0 bridgehead atoms. The summed E-state index contributed by atoms with van der Waals surface area (Å²) in [5, 5.41) is 6.12. The van der Waals surface area contributed by atoms with Crippen LogP contribution in [-0.4, -0.2) is 47.1 Å². The number of carbonyl (C=O) groups is 3. The van der Waals surface area contributed by atoms with E-state index in [1.807, 2.05) is 43.3 Å². The second kappa shape index (κ2) is 17.6. The van der Waals surface area contributed by atoms with Gasteiger partial charge < -0.3 is 29.7 Å². The molecule has 9 nitrogen and oxygen atoms in total. The van der Waals surface area contributed by atoms with Crippen LogP contribution >= 0.6 is 0 Å². The molecule has 3 heterocycles. The van der Waals surface area contributed by atoms with Gasteiger partial charge in [0.15, 0.2) is 0 Å². The van der Waals surface area contributed by atoms with Gasteiger partial charge in [-0.05, 0) is 124 Å². The number of carbonyl (C=O) groups excluding carboxylic acids is 3. The number of hydrogen-bond acceptors (Lipinski definition) is 7. The summed E-state index contributed by atoms with van der Waals surface area (Å²) < 4.78 is 14.4. The molecule has 2 aromatic heterocycles. The number of nitrogens with one attached hydrogen (secondary N) is 1. The van der Waals surface area contributed by atoms with Crippen molar-refractivity contribution in [2.24, 2.45) is 0 Å². The molecule has 0 spiro atoms. The van der Waals surface area contributed by atoms with Gasteiger partial charge in [-0.15, -0.1) is 0 Å². The topological polar surface area (TPSA) is 118 Å². The molecule has 4 aromatic carbocycles. The van der Waals surface area contributed by atoms with Crippen LogP contribution in [0.1, 0.15) is 133 Å². The Morgan fingerprint density at radius 3 is 1.75 bits per heavy atom. The number of esters is 2. The van der Waals surface area contributed by atoms with Gasteiger partial charge in [-0.2, -0.15) is 0 Å². The van der Waals surface area contributed by atoms with E-state index in [0.717, 1.165) is 52.6 Å². The third-order valence-electron chi connectivity index (χ3n) is 13.2. The maximum Gasteiger partial charge on any atom is 0.337 e. The lowest BCUT2D eigenvalue weighted by Crippen LogP contribution is -2.20. The smallest absolute Gasteiger partial charge is 0.337 e. The van der Waals surface area contributed by atoms with Crippen molar-refractivity contribution in [1.29, 1.82) is 0 Å². The number of fused-ring (bicyclic) bond motifs is 6. The quantitative estimate of drug-likeness (QED) is 0.122. The van der Waals surface area contributed by atoms with Crippen molar-refractivity contribution in [1.82, 2.24) is 9.13 Å². The Morgan fingerprint density at radius 2 is 1.20 bits per heavy atom. The molecule has 9 rings (SSSR count). The number of aryl methyl sites for hydroxylation is 2. The minimum atomic E-state index is -0.381. The van der Waals surface area contributed by atoms with Crippen molar-refractivity contribution < 1.29 is 23.9 Å². The van der Waals surface area contributed by atoms with Gasteiger partial charge in [0.25, 0.3) is 0 Å². The molecule has 2 aliphatic carbocycles. The van der Waals surface area contributed by atoms with Gasteiger partial charge in [-0.3, -0.25) is 4.79 Å². The minimum Gasteiger partial charge on any atom is -0.465 e. The number of ether oxygens (including phenoxy) is 2. The van der Waals surface area contributed by atoms with Gasteiger partial charge in [0, 0.05) is 51.4 Å². The molecule has 1 unspecified atom stereocenters. The highest BCUT2D eigenvalue weighted by atomic mass is 16.5. The van der Waals surface area contributed by atoms with E-state index in [-0.39, 0.29) is 24.3 Å². The average Bonchev–Trinajstić information content (AvgIpc) is 3.69. The molecule has 61 heavy (non-hydrogen) atoms. The zero-order chi connectivity index (χ0) is 42.9. The van der Waals surface area contributed by atoms with E-state index in [4.69, 9.17) is 15.2 Å². The Kier molecular flexibility index (Phi) is 12.1. The third-order valence-corrected chi connectivity index (χ3v) is 13.2. The Bertz CT molecular complexity index is 2640. The summed E-state index contributed by atoms with van der Waals surface area (Å²) in [5.41, 5.74) is 21.2. The van der Waals surface area contributed by atoms with Crippen LogP contribution in [0.15, 0.2) is 72.8 Å². The number of rotatable bonds is 7. The third kappa shape index (κ3) is 8.19. The van der Waals surface area contributed by atoms with Crippen LogP contribution in [0.4, 0.5) is 11.4 Å². The van der Waals surface area contributed by atoms with Crippen LogP contribution < -0.4 is 11.1 Å². The highest BCUT2D eigenvalue weighted by Crippen LogP contribution is 2.48. The van der Waals surface area contributed by atoms with Crippen LogP contribution in [0.25, 0.3) is 44.3 Å². The second-order valence-corrected chi connectivity index (χ2v) is 17.7. The van der Waals surface area contributed by atoms with Gasteiger partial charge in [0.1, 0.15) is 5.78 Å². The standard InChI is InChI=1S/C26H30N2O3.C26H30N2O2/c1-16-9-11-20(22(27)13-16)25-24(18-7-5-4-6-8-18)21-12-10-19(26(30)31-3)14-23(21)28(25)15-17(2)29;1-16-9-11-20-22(13-16)27-17(2)15-28-23-14-19(26(29)30-3)10-12-21(23)24(25(20)28)18-7-5-4-6-8-18/h9-14,18H,4-8,15,27H2,1-3H3;9-14,17-18,27H,4-8,15H2,1-3H3. The maximum atomic E-state index is 12.3. The molecule has 0 saturated heterocycles. The zero-order valence-electron chi connectivity index (χ0n) is 36.7. The van der Waals surface area contributed by atoms with Gasteiger partial charge >= 0.3 is 11.9 Å². The first kappa shape index (κ1) is 41.9. The van der Waals surface area contributed by atoms with Crippen LogP contribution in [0.3, 0.4) is 0 Å². The number of aromatic nitrogens is 2. The van der Waals surface area contributed by atoms with Crippen LogP contribution in [0, 0.1) is 13.8 Å². The monoisotopic (exact) mass is 820 g/mol. The largest absolute Gasteiger partial charge is 0.465 e. The Balaban J connectivity index is 0.000000168. The molecule has 1 atom stereocenters. The molecule has 1 aliphatic heterocycles. The molecule has 318 valence electrons.